The van der Waals surface area contributed by atoms with Gasteiger partial charge in [-0.05, 0) is 12.2 Å². The van der Waals surface area contributed by atoms with Crippen LogP contribution in [0.15, 0.2) is 0 Å². The highest BCUT2D eigenvalue weighted by Gasteiger charge is 2.20. The summed E-state index contributed by atoms with van der Waals surface area (Å²) in [4.78, 5) is 4.45. The lowest BCUT2D eigenvalue weighted by Crippen LogP contribution is -2.51. The van der Waals surface area contributed by atoms with Gasteiger partial charge in [0.15, 0.2) is 5.11 Å². The lowest BCUT2D eigenvalue weighted by Gasteiger charge is -2.37. The molecule has 0 amide bonds. The zero-order chi connectivity index (χ0) is 9.80. The Labute approximate surface area is 89.8 Å². The molecule has 2 aliphatic rings. The van der Waals surface area contributed by atoms with Crippen molar-refractivity contribution < 1.29 is 9.47 Å². The van der Waals surface area contributed by atoms with E-state index in [1.807, 2.05) is 0 Å². The molecule has 0 unspecified atom stereocenters. The van der Waals surface area contributed by atoms with Crippen LogP contribution in [0.25, 0.3) is 0 Å². The van der Waals surface area contributed by atoms with E-state index in [0.717, 1.165) is 57.7 Å². The van der Waals surface area contributed by atoms with Crippen LogP contribution < -0.4 is 0 Å². The van der Waals surface area contributed by atoms with Gasteiger partial charge in [0.05, 0.1) is 26.4 Å². The van der Waals surface area contributed by atoms with Gasteiger partial charge in [0, 0.05) is 26.2 Å². The molecule has 0 N–H and O–H groups in total. The van der Waals surface area contributed by atoms with Crippen molar-refractivity contribution in [1.82, 2.24) is 9.80 Å². The monoisotopic (exact) mass is 216 g/mol. The maximum atomic E-state index is 5.43. The van der Waals surface area contributed by atoms with E-state index in [1.165, 1.54) is 0 Å². The fourth-order valence-corrected chi connectivity index (χ4v) is 2.07. The van der Waals surface area contributed by atoms with Crippen LogP contribution in [0.2, 0.25) is 0 Å². The first-order valence-corrected chi connectivity index (χ1v) is 5.48. The Morgan fingerprint density at radius 2 is 1.14 bits per heavy atom. The van der Waals surface area contributed by atoms with Gasteiger partial charge in [-0.25, -0.2) is 0 Å². The van der Waals surface area contributed by atoms with Gasteiger partial charge in [-0.2, -0.15) is 0 Å². The second-order valence-corrected chi connectivity index (χ2v) is 3.85. The molecule has 4 nitrogen and oxygen atoms in total. The minimum absolute atomic E-state index is 0.796. The quantitative estimate of drug-likeness (QED) is 0.528. The Morgan fingerprint density at radius 3 is 1.50 bits per heavy atom. The van der Waals surface area contributed by atoms with Crippen LogP contribution in [0.3, 0.4) is 0 Å². The van der Waals surface area contributed by atoms with Crippen molar-refractivity contribution in [3.63, 3.8) is 0 Å². The number of hydrogen-bond donors (Lipinski definition) is 0. The molecular weight excluding hydrogens is 200 g/mol. The summed E-state index contributed by atoms with van der Waals surface area (Å²) in [5, 5.41) is 0.969. The summed E-state index contributed by atoms with van der Waals surface area (Å²) in [6, 6.07) is 0. The highest BCUT2D eigenvalue weighted by Crippen LogP contribution is 2.06. The Morgan fingerprint density at radius 1 is 0.786 bits per heavy atom. The SMILES string of the molecule is S=C(N1CCOCC1)N1CCOCC1. The van der Waals surface area contributed by atoms with Crippen molar-refractivity contribution in [1.29, 1.82) is 0 Å². The number of morpholine rings is 2. The Kier molecular flexibility index (Phi) is 3.55. The molecule has 0 saturated carbocycles. The van der Waals surface area contributed by atoms with Gasteiger partial charge in [-0.3, -0.25) is 0 Å². The van der Waals surface area contributed by atoms with E-state index in [1.54, 1.807) is 0 Å². The van der Waals surface area contributed by atoms with Gasteiger partial charge in [0.2, 0.25) is 0 Å². The van der Waals surface area contributed by atoms with Crippen molar-refractivity contribution >= 4 is 17.3 Å². The Bertz CT molecular complexity index is 181. The molecular formula is C9H16N2O2S. The predicted octanol–water partition coefficient (Wildman–Crippen LogP) is -0.0643. The molecule has 0 aromatic rings. The fraction of sp³-hybridized carbons (Fsp3) is 0.889. The second kappa shape index (κ2) is 4.91. The number of nitrogens with zero attached hydrogens (tertiary/aromatic N) is 2. The van der Waals surface area contributed by atoms with Crippen molar-refractivity contribution in [2.75, 3.05) is 52.6 Å². The number of rotatable bonds is 0. The maximum Gasteiger partial charge on any atom is 0.171 e. The topological polar surface area (TPSA) is 24.9 Å². The molecule has 0 spiro atoms. The molecule has 0 bridgehead atoms. The van der Waals surface area contributed by atoms with Crippen LogP contribution in [0.4, 0.5) is 0 Å². The average molecular weight is 216 g/mol. The molecule has 5 heteroatoms. The van der Waals surface area contributed by atoms with Gasteiger partial charge in [-0.1, -0.05) is 0 Å². The van der Waals surface area contributed by atoms with Crippen LogP contribution in [-0.2, 0) is 9.47 Å². The summed E-state index contributed by atoms with van der Waals surface area (Å²) in [5.74, 6) is 0. The Balaban J connectivity index is 1.85. The zero-order valence-electron chi connectivity index (χ0n) is 8.28. The minimum atomic E-state index is 0.796. The highest BCUT2D eigenvalue weighted by molar-refractivity contribution is 7.80. The van der Waals surface area contributed by atoms with Gasteiger partial charge in [0.1, 0.15) is 0 Å². The standard InChI is InChI=1S/C9H16N2O2S/c14-9(10-1-5-12-6-2-10)11-3-7-13-8-4-11/h1-8H2. The lowest BCUT2D eigenvalue weighted by molar-refractivity contribution is 0.0445. The van der Waals surface area contributed by atoms with Crippen molar-refractivity contribution in [2.45, 2.75) is 0 Å². The largest absolute Gasteiger partial charge is 0.378 e. The summed E-state index contributed by atoms with van der Waals surface area (Å²) in [7, 11) is 0. The van der Waals surface area contributed by atoms with Gasteiger partial charge in [-0.15, -0.1) is 0 Å². The first-order chi connectivity index (χ1) is 6.88. The van der Waals surface area contributed by atoms with E-state index in [0.29, 0.717) is 0 Å². The fourth-order valence-electron chi connectivity index (χ4n) is 1.71. The molecule has 2 saturated heterocycles. The normalized spacial score (nSPS) is 23.7. The molecule has 2 fully saturated rings. The smallest absolute Gasteiger partial charge is 0.171 e. The summed E-state index contributed by atoms with van der Waals surface area (Å²) in [5.41, 5.74) is 0. The second-order valence-electron chi connectivity index (χ2n) is 3.48. The minimum Gasteiger partial charge on any atom is -0.378 e. The van der Waals surface area contributed by atoms with Gasteiger partial charge < -0.3 is 19.3 Å². The third-order valence-electron chi connectivity index (χ3n) is 2.56. The molecule has 2 heterocycles. The average Bonchev–Trinajstić information content (AvgIpc) is 2.30. The summed E-state index contributed by atoms with van der Waals surface area (Å²) < 4.78 is 10.6. The first-order valence-electron chi connectivity index (χ1n) is 5.07. The molecule has 0 aliphatic carbocycles. The Hall–Kier alpha value is -0.390. The molecule has 14 heavy (non-hydrogen) atoms. The van der Waals surface area contributed by atoms with Crippen LogP contribution in [0.5, 0.6) is 0 Å². The summed E-state index contributed by atoms with van der Waals surface area (Å²) in [6.45, 7) is 6.89. The number of ether oxygens (including phenoxy) is 2. The zero-order valence-corrected chi connectivity index (χ0v) is 9.09. The number of hydrogen-bond acceptors (Lipinski definition) is 3. The third-order valence-corrected chi connectivity index (χ3v) is 3.08. The maximum absolute atomic E-state index is 5.43. The number of thiocarbonyl (C=S) groups is 1. The predicted molar refractivity (Wildman–Crippen MR) is 57.4 cm³/mol. The van der Waals surface area contributed by atoms with E-state index in [-0.39, 0.29) is 0 Å². The third kappa shape index (κ3) is 2.34. The van der Waals surface area contributed by atoms with E-state index in [4.69, 9.17) is 21.7 Å². The molecule has 0 radical (unpaired) electrons. The van der Waals surface area contributed by atoms with Gasteiger partial charge >= 0.3 is 0 Å². The first kappa shape index (κ1) is 10.1. The van der Waals surface area contributed by atoms with Crippen LogP contribution in [0, 0.1) is 0 Å². The van der Waals surface area contributed by atoms with Crippen molar-refractivity contribution in [2.24, 2.45) is 0 Å². The summed E-state index contributed by atoms with van der Waals surface area (Å²) >= 11 is 5.43. The highest BCUT2D eigenvalue weighted by atomic mass is 32.1. The van der Waals surface area contributed by atoms with E-state index < -0.39 is 0 Å². The van der Waals surface area contributed by atoms with E-state index in [2.05, 4.69) is 9.80 Å². The van der Waals surface area contributed by atoms with Crippen molar-refractivity contribution in [3.8, 4) is 0 Å². The molecule has 2 rings (SSSR count). The van der Waals surface area contributed by atoms with Crippen molar-refractivity contribution in [3.05, 3.63) is 0 Å². The van der Waals surface area contributed by atoms with Crippen LogP contribution in [-0.4, -0.2) is 67.5 Å². The molecule has 0 aromatic carbocycles. The van der Waals surface area contributed by atoms with E-state index >= 15 is 0 Å². The lowest BCUT2D eigenvalue weighted by atomic mass is 10.4. The van der Waals surface area contributed by atoms with Gasteiger partial charge in [0.25, 0.3) is 0 Å². The summed E-state index contributed by atoms with van der Waals surface area (Å²) in [6.07, 6.45) is 0. The van der Waals surface area contributed by atoms with Crippen LogP contribution >= 0.6 is 12.2 Å². The van der Waals surface area contributed by atoms with E-state index in [9.17, 15) is 0 Å². The van der Waals surface area contributed by atoms with Crippen LogP contribution in [0.1, 0.15) is 0 Å². The molecule has 0 atom stereocenters. The molecule has 2 aliphatic heterocycles. The molecule has 0 aromatic heterocycles. The molecule has 80 valence electrons.